The van der Waals surface area contributed by atoms with Crippen LogP contribution in [-0.4, -0.2) is 103 Å². The Labute approximate surface area is 343 Å². The third-order valence-electron chi connectivity index (χ3n) is 9.70. The summed E-state index contributed by atoms with van der Waals surface area (Å²) in [4.78, 5) is 71.9. The van der Waals surface area contributed by atoms with Crippen molar-refractivity contribution in [3.8, 4) is 0 Å². The monoisotopic (exact) mass is 821 g/mol. The zero-order chi connectivity index (χ0) is 43.1. The van der Waals surface area contributed by atoms with Crippen molar-refractivity contribution in [3.05, 3.63) is 0 Å². The SMILES string of the molecule is CC(C)CC[C@@H](NC(=O)[C@H](CCCNC(=N)N)NC(=O)OC(C)(C)C)C(=O)N[C@@H](CCCNC(=N)N)C(=O)NCC(=O)O/C(=N\C1CCCCC1)NC1CCCCC1. The second-order valence-corrected chi connectivity index (χ2v) is 16.7. The van der Waals surface area contributed by atoms with Crippen molar-refractivity contribution >= 4 is 47.7 Å². The predicted octanol–water partition coefficient (Wildman–Crippen LogP) is 2.08. The highest BCUT2D eigenvalue weighted by molar-refractivity contribution is 5.95. The molecule has 0 aromatic carbocycles. The van der Waals surface area contributed by atoms with Gasteiger partial charge in [-0.1, -0.05) is 52.4 Å². The quantitative estimate of drug-likeness (QED) is 0.0344. The summed E-state index contributed by atoms with van der Waals surface area (Å²) in [6, 6.07) is -2.93. The molecule has 2 aliphatic rings. The molecule has 19 nitrogen and oxygen atoms in total. The summed E-state index contributed by atoms with van der Waals surface area (Å²) in [6.07, 6.45) is 11.2. The molecule has 0 spiro atoms. The molecule has 0 aliphatic heterocycles. The van der Waals surface area contributed by atoms with Gasteiger partial charge in [0, 0.05) is 19.1 Å². The van der Waals surface area contributed by atoms with E-state index in [0.29, 0.717) is 19.3 Å². The molecule has 3 atom stereocenters. The fourth-order valence-electron chi connectivity index (χ4n) is 6.68. The maximum atomic E-state index is 13.9. The molecule has 58 heavy (non-hydrogen) atoms. The van der Waals surface area contributed by atoms with E-state index >= 15 is 0 Å². The van der Waals surface area contributed by atoms with E-state index in [1.165, 1.54) is 6.42 Å². The van der Waals surface area contributed by atoms with E-state index in [9.17, 15) is 24.0 Å². The van der Waals surface area contributed by atoms with Crippen molar-refractivity contribution in [2.24, 2.45) is 22.4 Å². The van der Waals surface area contributed by atoms with Crippen LogP contribution in [0.15, 0.2) is 4.99 Å². The first kappa shape index (κ1) is 49.3. The summed E-state index contributed by atoms with van der Waals surface area (Å²) in [5.74, 6) is -2.94. The second kappa shape index (κ2) is 26.2. The van der Waals surface area contributed by atoms with Crippen LogP contribution in [0.3, 0.4) is 0 Å². The third-order valence-corrected chi connectivity index (χ3v) is 9.70. The summed E-state index contributed by atoms with van der Waals surface area (Å²) < 4.78 is 11.1. The number of carbonyl (C=O) groups is 5. The molecule has 2 fully saturated rings. The average molecular weight is 821 g/mol. The molecule has 4 amide bonds. The second-order valence-electron chi connectivity index (χ2n) is 16.7. The van der Waals surface area contributed by atoms with Crippen molar-refractivity contribution in [1.82, 2.24) is 37.2 Å². The average Bonchev–Trinajstić information content (AvgIpc) is 3.14. The van der Waals surface area contributed by atoms with Crippen LogP contribution in [0.5, 0.6) is 0 Å². The van der Waals surface area contributed by atoms with Gasteiger partial charge in [-0.05, 0) is 90.9 Å². The van der Waals surface area contributed by atoms with Crippen molar-refractivity contribution in [1.29, 1.82) is 10.8 Å². The molecular weight excluding hydrogens is 749 g/mol. The van der Waals surface area contributed by atoms with E-state index < -0.39 is 60.1 Å². The largest absolute Gasteiger partial charge is 0.444 e. The summed E-state index contributed by atoms with van der Waals surface area (Å²) in [5.41, 5.74) is 9.99. The zero-order valence-corrected chi connectivity index (χ0v) is 35.4. The number of alkyl carbamates (subject to hydrolysis) is 1. The molecule has 13 N–H and O–H groups in total. The Morgan fingerprint density at radius 3 is 1.69 bits per heavy atom. The molecule has 19 heteroatoms. The van der Waals surface area contributed by atoms with E-state index in [-0.39, 0.29) is 68.3 Å². The number of nitrogens with two attached hydrogens (primary N) is 2. The Kier molecular flexibility index (Phi) is 22.3. The number of carbonyl (C=O) groups excluding carboxylic acids is 5. The van der Waals surface area contributed by atoms with E-state index in [4.69, 9.17) is 36.8 Å². The number of guanidine groups is 2. The standard InChI is InChI=1S/C39H72N12O7/c1-25(2)20-21-30(50-33(54)29(19-13-23-45-36(42)43)51-38(56)58-39(3,4)5)34(55)49-28(18-12-22-44-35(40)41)32(53)46-24-31(52)57-37(47-26-14-8-6-9-15-26)48-27-16-10-7-11-17-27/h25-30H,6-24H2,1-5H3,(H,46,53)(H,47,48)(H,49,55)(H,50,54)(H,51,56)(H4,40,41,44)(H4,42,43,45)/t28-,29-,30+/m0/s1. The lowest BCUT2D eigenvalue weighted by Crippen LogP contribution is -2.57. The maximum absolute atomic E-state index is 13.9. The van der Waals surface area contributed by atoms with Crippen molar-refractivity contribution < 1.29 is 33.4 Å². The highest BCUT2D eigenvalue weighted by Gasteiger charge is 2.31. The number of hydrogen-bond acceptors (Lipinski definition) is 10. The summed E-state index contributed by atoms with van der Waals surface area (Å²) in [6.45, 7) is 9.05. The lowest BCUT2D eigenvalue weighted by molar-refractivity contribution is -0.137. The van der Waals surface area contributed by atoms with Gasteiger partial charge < -0.3 is 58.2 Å². The lowest BCUT2D eigenvalue weighted by Gasteiger charge is -2.27. The molecule has 0 unspecified atom stereocenters. The number of esters is 1. The molecule has 2 rings (SSSR count). The molecule has 0 radical (unpaired) electrons. The van der Waals surface area contributed by atoms with Gasteiger partial charge >= 0.3 is 12.1 Å². The molecule has 0 aromatic heterocycles. The molecule has 0 heterocycles. The van der Waals surface area contributed by atoms with Gasteiger partial charge in [0.2, 0.25) is 17.7 Å². The van der Waals surface area contributed by atoms with Crippen LogP contribution in [0, 0.1) is 16.7 Å². The van der Waals surface area contributed by atoms with Crippen LogP contribution >= 0.6 is 0 Å². The van der Waals surface area contributed by atoms with Crippen molar-refractivity contribution in [2.45, 2.75) is 173 Å². The number of aliphatic imine (C=N–C) groups is 1. The molecule has 0 aromatic rings. The molecule has 2 saturated carbocycles. The molecule has 0 bridgehead atoms. The first-order chi connectivity index (χ1) is 27.4. The lowest BCUT2D eigenvalue weighted by atomic mass is 9.95. The fraction of sp³-hybridized carbons (Fsp3) is 0.795. The number of ether oxygens (including phenoxy) is 2. The Balaban J connectivity index is 2.20. The topological polar surface area (TPSA) is 300 Å². The summed E-state index contributed by atoms with van der Waals surface area (Å²) in [7, 11) is 0. The van der Waals surface area contributed by atoms with Gasteiger partial charge in [0.05, 0.1) is 6.04 Å². The minimum Gasteiger partial charge on any atom is -0.444 e. The van der Waals surface area contributed by atoms with Gasteiger partial charge in [-0.15, -0.1) is 0 Å². The minimum absolute atomic E-state index is 0.0571. The molecule has 2 aliphatic carbocycles. The number of amides is 4. The molecule has 330 valence electrons. The summed E-state index contributed by atoms with van der Waals surface area (Å²) >= 11 is 0. The van der Waals surface area contributed by atoms with Crippen LogP contribution in [0.1, 0.15) is 137 Å². The first-order valence-corrected chi connectivity index (χ1v) is 21.0. The van der Waals surface area contributed by atoms with E-state index in [1.807, 2.05) is 13.8 Å². The number of amidine groups is 1. The Bertz CT molecular complexity index is 1370. The zero-order valence-electron chi connectivity index (χ0n) is 35.4. The number of rotatable bonds is 21. The van der Waals surface area contributed by atoms with Crippen LogP contribution in [0.2, 0.25) is 0 Å². The Hall–Kier alpha value is -4.84. The third kappa shape index (κ3) is 22.2. The van der Waals surface area contributed by atoms with Crippen molar-refractivity contribution in [3.63, 3.8) is 0 Å². The van der Waals surface area contributed by atoms with Gasteiger partial charge in [-0.2, -0.15) is 0 Å². The maximum Gasteiger partial charge on any atom is 0.408 e. The van der Waals surface area contributed by atoms with Gasteiger partial charge in [0.1, 0.15) is 30.3 Å². The highest BCUT2D eigenvalue weighted by Crippen LogP contribution is 2.22. The minimum atomic E-state index is -1.13. The molecule has 0 saturated heterocycles. The van der Waals surface area contributed by atoms with Gasteiger partial charge in [-0.3, -0.25) is 25.2 Å². The Morgan fingerprint density at radius 1 is 0.690 bits per heavy atom. The fourth-order valence-corrected chi connectivity index (χ4v) is 6.68. The van der Waals surface area contributed by atoms with Crippen LogP contribution in [-0.2, 0) is 28.7 Å². The van der Waals surface area contributed by atoms with Crippen LogP contribution in [0.25, 0.3) is 0 Å². The first-order valence-electron chi connectivity index (χ1n) is 21.0. The van der Waals surface area contributed by atoms with Crippen molar-refractivity contribution in [2.75, 3.05) is 19.6 Å². The highest BCUT2D eigenvalue weighted by atomic mass is 16.6. The summed E-state index contributed by atoms with van der Waals surface area (Å²) in [5, 5.41) is 34.2. The molecular formula is C39H72N12O7. The smallest absolute Gasteiger partial charge is 0.408 e. The van der Waals surface area contributed by atoms with E-state index in [2.05, 4.69) is 37.2 Å². The van der Waals surface area contributed by atoms with Gasteiger partial charge in [0.15, 0.2) is 11.9 Å². The Morgan fingerprint density at radius 2 is 1.19 bits per heavy atom. The number of nitrogens with one attached hydrogen (secondary N) is 9. The van der Waals surface area contributed by atoms with E-state index in [1.54, 1.807) is 20.8 Å². The number of nitrogens with zero attached hydrogens (tertiary/aromatic N) is 1. The number of hydrogen-bond donors (Lipinski definition) is 11. The van der Waals surface area contributed by atoms with Crippen LogP contribution < -0.4 is 48.7 Å². The van der Waals surface area contributed by atoms with Gasteiger partial charge in [0.25, 0.3) is 6.02 Å². The van der Waals surface area contributed by atoms with E-state index in [0.717, 1.165) is 57.8 Å². The van der Waals surface area contributed by atoms with Crippen LogP contribution in [0.4, 0.5) is 4.79 Å². The predicted molar refractivity (Wildman–Crippen MR) is 223 cm³/mol. The van der Waals surface area contributed by atoms with Gasteiger partial charge in [-0.25, -0.2) is 14.6 Å². The normalized spacial score (nSPS) is 16.8.